The predicted molar refractivity (Wildman–Crippen MR) is 432 cm³/mol. The van der Waals surface area contributed by atoms with Crippen molar-refractivity contribution < 1.29 is 82.1 Å². The van der Waals surface area contributed by atoms with Gasteiger partial charge in [0.05, 0.1) is 36.7 Å². The summed E-state index contributed by atoms with van der Waals surface area (Å²) < 4.78 is 1.48. The van der Waals surface area contributed by atoms with Crippen LogP contribution in [0.25, 0.3) is 21.8 Å². The molecule has 118 heavy (non-hydrogen) atoms. The predicted octanol–water partition coefficient (Wildman–Crippen LogP) is 0.263. The molecule has 642 valence electrons. The summed E-state index contributed by atoms with van der Waals surface area (Å²) in [5.74, 6) is -16.2. The van der Waals surface area contributed by atoms with Crippen molar-refractivity contribution >= 4 is 111 Å². The second-order valence-corrected chi connectivity index (χ2v) is 32.5. The normalized spacial score (nSPS) is 22.3. The van der Waals surface area contributed by atoms with Gasteiger partial charge in [0, 0.05) is 84.4 Å². The van der Waals surface area contributed by atoms with E-state index in [1.54, 1.807) is 143 Å². The maximum atomic E-state index is 15.1. The highest BCUT2D eigenvalue weighted by Crippen LogP contribution is 2.23. The third-order valence-corrected chi connectivity index (χ3v) is 19.7. The van der Waals surface area contributed by atoms with Crippen LogP contribution in [0.4, 0.5) is 0 Å². The zero-order chi connectivity index (χ0) is 86.8. The molecule has 4 aromatic heterocycles. The number of aromatic amines is 3. The summed E-state index contributed by atoms with van der Waals surface area (Å²) >= 11 is 0. The molecule has 38 nitrogen and oxygen atoms in total. The number of amides is 13. The number of benzene rings is 2. The SMILES string of the molecule is CC(C)C[C@@H]1NC(=O)[C@H](Cc2c[nH]cn2)NC(=O)[C@H](Cc2c[nH]c3ccccc23)NC(=O)[C@H](C)NC(=O)[C@@H](NC(=O)[C@H](CC(=O)O)NC(C)(C)C)CCc2cn(nn2)CCCC[C@@H](C(=O)N[C@H](C(N)=O)C(C)C)NC(=O)[C@H](Cc2c[nH]c3ccccc23)NC(=O)[C@H](C(C)C)NC(=O)[C@H](CC(C)C)NC(=O)[C@H](CCC(=O)O)NC(=O)CNC1=O. The summed E-state index contributed by atoms with van der Waals surface area (Å²) in [5, 5.41) is 64.7. The number of hydrogen-bond acceptors (Lipinski definition) is 19. The number of fused-ring (bicyclic) bond motifs is 4. The van der Waals surface area contributed by atoms with E-state index < -0.39 is 204 Å². The van der Waals surface area contributed by atoms with Gasteiger partial charge in [-0.2, -0.15) is 0 Å². The summed E-state index contributed by atoms with van der Waals surface area (Å²) in [6.07, 6.45) is 5.17. The summed E-state index contributed by atoms with van der Waals surface area (Å²) in [5.41, 5.74) is 8.04. The zero-order valence-corrected chi connectivity index (χ0v) is 68.7. The summed E-state index contributed by atoms with van der Waals surface area (Å²) in [6, 6.07) is -3.04. The van der Waals surface area contributed by atoms with Gasteiger partial charge in [0.2, 0.25) is 76.8 Å². The van der Waals surface area contributed by atoms with E-state index in [2.05, 4.69) is 99.4 Å². The minimum atomic E-state index is -1.65. The van der Waals surface area contributed by atoms with E-state index in [0.29, 0.717) is 38.6 Å². The highest BCUT2D eigenvalue weighted by atomic mass is 16.4. The van der Waals surface area contributed by atoms with Crippen LogP contribution in [0.2, 0.25) is 0 Å². The molecule has 12 atom stereocenters. The molecule has 0 aliphatic carbocycles. The Morgan fingerprint density at radius 3 is 1.69 bits per heavy atom. The fourth-order valence-electron chi connectivity index (χ4n) is 13.6. The van der Waals surface area contributed by atoms with Crippen molar-refractivity contribution in [1.29, 1.82) is 0 Å². The molecule has 0 fully saturated rings. The van der Waals surface area contributed by atoms with Crippen LogP contribution in [-0.4, -0.2) is 218 Å². The van der Waals surface area contributed by atoms with Crippen LogP contribution in [0.1, 0.15) is 163 Å². The number of aryl methyl sites for hydroxylation is 2. The Labute approximate surface area is 683 Å². The van der Waals surface area contributed by atoms with E-state index in [0.717, 1.165) is 0 Å². The standard InChI is InChI=1S/C80H115N21O17/c1-41(2)29-57-70(109)85-38-63(102)88-55(26-27-64(103)104)72(111)93-58(30-42(3)4)77(116)97-67(44(7)8)79(118)95-60(32-47-36-84-53-22-16-14-20-51(47)53)74(113)89-54(73(112)96-66(43(5)6)68(81)107)23-17-18-28-101-39-48(99-100-101)24-25-56(90-78(117)62(34-65(105)106)98-80(10,11)12)71(110)87-45(9)69(108)91-59(31-46-35-83-52-21-15-13-19-50(46)52)75(114)94-61(76(115)92-57)33-49-37-82-40-86-49/h13-16,19-22,35-37,39-45,54-62,66-67,83-84,98H,17-18,23-34,38H2,1-12H3,(H2,81,107)(H,82,86)(H,85,109)(H,87,110)(H,88,102)(H,89,113)(H,90,117)(H,91,108)(H,92,115)(H,93,111)(H,94,114)(H,95,118)(H,96,112)(H,97,116)(H,103,104)(H,105,106)/t45-,54-,55-,56-,57-,58-,59-,60-,61-,62-,66-,67-/m0/s1. The molecule has 7 rings (SSSR count). The Morgan fingerprint density at radius 1 is 0.602 bits per heavy atom. The van der Waals surface area contributed by atoms with E-state index in [9.17, 15) is 72.5 Å². The molecular weight excluding hydrogens is 1530 g/mol. The van der Waals surface area contributed by atoms with E-state index in [4.69, 9.17) is 5.73 Å². The third kappa shape index (κ3) is 29.0. The molecule has 0 radical (unpaired) electrons. The third-order valence-electron chi connectivity index (χ3n) is 19.7. The summed E-state index contributed by atoms with van der Waals surface area (Å²) in [4.78, 5) is 226. The maximum absolute atomic E-state index is 15.1. The molecule has 0 spiro atoms. The Bertz CT molecular complexity index is 4500. The Morgan fingerprint density at radius 2 is 1.14 bits per heavy atom. The van der Waals surface area contributed by atoms with Gasteiger partial charge in [0.25, 0.3) is 0 Å². The molecule has 6 aromatic rings. The average Bonchev–Trinajstić information content (AvgIpc) is 1.65. The molecule has 20 N–H and O–H groups in total. The largest absolute Gasteiger partial charge is 0.481 e. The second-order valence-electron chi connectivity index (χ2n) is 32.5. The van der Waals surface area contributed by atoms with Crippen LogP contribution in [0.3, 0.4) is 0 Å². The number of aliphatic carboxylic acids is 2. The van der Waals surface area contributed by atoms with Crippen LogP contribution >= 0.6 is 0 Å². The lowest BCUT2D eigenvalue weighted by Crippen LogP contribution is -2.61. The lowest BCUT2D eigenvalue weighted by atomic mass is 9.98. The first-order valence-corrected chi connectivity index (χ1v) is 39.8. The topological polar surface area (TPSA) is 570 Å². The fraction of sp³-hybridized carbons (Fsp3) is 0.550. The molecule has 1 aliphatic rings. The molecule has 38 heteroatoms. The lowest BCUT2D eigenvalue weighted by Gasteiger charge is -2.29. The number of carboxylic acids is 2. The molecule has 0 saturated heterocycles. The number of nitrogens with two attached hydrogens (primary N) is 1. The quantitative estimate of drug-likeness (QED) is 0.0409. The number of nitrogens with one attached hydrogen (secondary N) is 16. The second kappa shape index (κ2) is 43.7. The van der Waals surface area contributed by atoms with Crippen molar-refractivity contribution in [3.05, 3.63) is 102 Å². The number of H-pyrrole nitrogens is 3. The number of para-hydroxylation sites is 2. The number of imidazole rings is 1. The van der Waals surface area contributed by atoms with Gasteiger partial charge in [-0.15, -0.1) is 5.10 Å². The van der Waals surface area contributed by atoms with E-state index in [-0.39, 0.29) is 88.3 Å². The van der Waals surface area contributed by atoms with Crippen molar-refractivity contribution in [3.8, 4) is 0 Å². The first-order valence-electron chi connectivity index (χ1n) is 39.8. The molecule has 0 unspecified atom stereocenters. The number of hydrogen-bond donors (Lipinski definition) is 19. The number of carbonyl (C=O) groups excluding carboxylic acids is 13. The van der Waals surface area contributed by atoms with Gasteiger partial charge in [0.15, 0.2) is 0 Å². The Kier molecular flexibility index (Phi) is 34.5. The number of rotatable bonds is 23. The maximum Gasteiger partial charge on any atom is 0.305 e. The average molecular weight is 1640 g/mol. The van der Waals surface area contributed by atoms with Gasteiger partial charge in [-0.3, -0.25) is 76.6 Å². The van der Waals surface area contributed by atoms with Crippen molar-refractivity contribution in [2.45, 2.75) is 251 Å². The summed E-state index contributed by atoms with van der Waals surface area (Å²) in [7, 11) is 0. The molecule has 2 aromatic carbocycles. The van der Waals surface area contributed by atoms with Gasteiger partial charge in [-0.1, -0.05) is 97.0 Å². The van der Waals surface area contributed by atoms with Crippen molar-refractivity contribution in [2.24, 2.45) is 29.4 Å². The van der Waals surface area contributed by atoms with Gasteiger partial charge >= 0.3 is 11.9 Å². The van der Waals surface area contributed by atoms with Crippen LogP contribution in [0.5, 0.6) is 0 Å². The molecule has 0 saturated carbocycles. The molecule has 1 aliphatic heterocycles. The van der Waals surface area contributed by atoms with Crippen molar-refractivity contribution in [3.63, 3.8) is 0 Å². The van der Waals surface area contributed by atoms with Gasteiger partial charge < -0.3 is 100 Å². The first-order chi connectivity index (χ1) is 55.7. The van der Waals surface area contributed by atoms with Crippen molar-refractivity contribution in [1.82, 2.24) is 104 Å². The van der Waals surface area contributed by atoms with E-state index >= 15 is 9.59 Å². The van der Waals surface area contributed by atoms with Crippen LogP contribution < -0.4 is 74.9 Å². The van der Waals surface area contributed by atoms with Crippen LogP contribution in [0, 0.1) is 23.7 Å². The summed E-state index contributed by atoms with van der Waals surface area (Å²) in [6.45, 7) is 19.3. The highest BCUT2D eigenvalue weighted by molar-refractivity contribution is 6.01. The molecule has 2 bridgehead atoms. The number of primary amides is 1. The number of nitrogens with zero attached hydrogens (tertiary/aromatic N) is 4. The molecule has 13 amide bonds. The van der Waals surface area contributed by atoms with Gasteiger partial charge in [-0.05, 0) is 126 Å². The van der Waals surface area contributed by atoms with Gasteiger partial charge in [0.1, 0.15) is 66.5 Å². The smallest absolute Gasteiger partial charge is 0.305 e. The van der Waals surface area contributed by atoms with Crippen molar-refractivity contribution in [2.75, 3.05) is 6.54 Å². The Hall–Kier alpha value is -12.1. The van der Waals surface area contributed by atoms with Crippen LogP contribution in [0.15, 0.2) is 79.6 Å². The minimum absolute atomic E-state index is 0.0442. The van der Waals surface area contributed by atoms with Gasteiger partial charge in [-0.25, -0.2) is 4.98 Å². The monoisotopic (exact) mass is 1640 g/mol. The number of carboxylic acid groups (broad SMARTS) is 2. The number of aromatic nitrogens is 7. The van der Waals surface area contributed by atoms with E-state index in [1.807, 2.05) is 0 Å². The number of carbonyl (C=O) groups is 15. The van der Waals surface area contributed by atoms with Crippen LogP contribution in [-0.2, 0) is 104 Å². The minimum Gasteiger partial charge on any atom is -0.481 e. The first kappa shape index (κ1) is 93.0. The van der Waals surface area contributed by atoms with E-state index in [1.165, 1.54) is 24.1 Å². The molecular formula is C80H115N21O17. The Balaban J connectivity index is 1.27. The zero-order valence-electron chi connectivity index (χ0n) is 68.7. The lowest BCUT2D eigenvalue weighted by molar-refractivity contribution is -0.140. The fourth-order valence-corrected chi connectivity index (χ4v) is 13.6. The molecule has 5 heterocycles. The highest BCUT2D eigenvalue weighted by Gasteiger charge is 2.39.